The fourth-order valence-electron chi connectivity index (χ4n) is 2.03. The van der Waals surface area contributed by atoms with Crippen LogP contribution in [0.5, 0.6) is 0 Å². The van der Waals surface area contributed by atoms with Gasteiger partial charge in [0, 0.05) is 12.0 Å². The molecule has 2 heteroatoms. The van der Waals surface area contributed by atoms with Crippen LogP contribution in [0.1, 0.15) is 17.5 Å². The van der Waals surface area contributed by atoms with Gasteiger partial charge in [0.1, 0.15) is 0 Å². The van der Waals surface area contributed by atoms with E-state index in [0.29, 0.717) is 6.61 Å². The summed E-state index contributed by atoms with van der Waals surface area (Å²) in [5.41, 5.74) is 2.30. The summed E-state index contributed by atoms with van der Waals surface area (Å²) in [5.74, 6) is 0. The topological polar surface area (TPSA) is 29.5 Å². The van der Waals surface area contributed by atoms with Crippen LogP contribution in [0.15, 0.2) is 24.3 Å². The Labute approximate surface area is 84.5 Å². The highest BCUT2D eigenvalue weighted by atomic mass is 16.5. The van der Waals surface area contributed by atoms with Gasteiger partial charge in [0.2, 0.25) is 0 Å². The summed E-state index contributed by atoms with van der Waals surface area (Å²) in [6, 6.07) is 8.34. The number of hydrogen-bond donors (Lipinski definition) is 1. The van der Waals surface area contributed by atoms with Crippen LogP contribution in [0.3, 0.4) is 0 Å². The zero-order valence-electron chi connectivity index (χ0n) is 8.49. The van der Waals surface area contributed by atoms with E-state index < -0.39 is 0 Å². The van der Waals surface area contributed by atoms with Crippen molar-refractivity contribution in [1.82, 2.24) is 0 Å². The second-order valence-electron chi connectivity index (χ2n) is 4.11. The number of aliphatic hydroxyl groups excluding tert-OH is 1. The Kier molecular flexibility index (Phi) is 2.57. The van der Waals surface area contributed by atoms with E-state index in [0.717, 1.165) is 13.0 Å². The van der Waals surface area contributed by atoms with Crippen LogP contribution in [0.4, 0.5) is 0 Å². The van der Waals surface area contributed by atoms with Gasteiger partial charge in [-0.25, -0.2) is 0 Å². The number of rotatable bonds is 2. The molecule has 1 heterocycles. The molecule has 1 saturated heterocycles. The second kappa shape index (κ2) is 3.71. The lowest BCUT2D eigenvalue weighted by atomic mass is 9.80. The standard InChI is InChI=1S/C12H16O2/c1-10-3-2-4-11(7-10)12(8-13)5-6-14-9-12/h2-4,7,13H,5-6,8-9H2,1H3. The summed E-state index contributed by atoms with van der Waals surface area (Å²) in [7, 11) is 0. The predicted octanol–water partition coefficient (Wildman–Crippen LogP) is 1.65. The lowest BCUT2D eigenvalue weighted by molar-refractivity contribution is 0.140. The minimum atomic E-state index is -0.147. The molecule has 1 fully saturated rings. The summed E-state index contributed by atoms with van der Waals surface area (Å²) < 4.78 is 5.39. The lowest BCUT2D eigenvalue weighted by Gasteiger charge is -2.25. The summed E-state index contributed by atoms with van der Waals surface area (Å²) in [6.45, 7) is 3.66. The molecule has 0 saturated carbocycles. The normalized spacial score (nSPS) is 26.7. The third kappa shape index (κ3) is 1.56. The van der Waals surface area contributed by atoms with Gasteiger partial charge in [0.15, 0.2) is 0 Å². The largest absolute Gasteiger partial charge is 0.395 e. The summed E-state index contributed by atoms with van der Waals surface area (Å²) in [4.78, 5) is 0. The van der Waals surface area contributed by atoms with Crippen LogP contribution < -0.4 is 0 Å². The molecule has 0 spiro atoms. The van der Waals surface area contributed by atoms with Gasteiger partial charge in [-0.05, 0) is 18.9 Å². The Morgan fingerprint density at radius 2 is 2.36 bits per heavy atom. The van der Waals surface area contributed by atoms with E-state index in [9.17, 15) is 5.11 Å². The molecule has 2 nitrogen and oxygen atoms in total. The molecule has 0 amide bonds. The molecular weight excluding hydrogens is 176 g/mol. The Bertz CT molecular complexity index is 314. The van der Waals surface area contributed by atoms with Gasteiger partial charge in [-0.15, -0.1) is 0 Å². The Balaban J connectivity index is 2.35. The molecule has 14 heavy (non-hydrogen) atoms. The first-order valence-electron chi connectivity index (χ1n) is 5.03. The fraction of sp³-hybridized carbons (Fsp3) is 0.500. The first kappa shape index (κ1) is 9.69. The van der Waals surface area contributed by atoms with Crippen molar-refractivity contribution < 1.29 is 9.84 Å². The molecule has 2 rings (SSSR count). The van der Waals surface area contributed by atoms with Crippen molar-refractivity contribution in [2.24, 2.45) is 0 Å². The first-order chi connectivity index (χ1) is 6.77. The summed E-state index contributed by atoms with van der Waals surface area (Å²) >= 11 is 0. The van der Waals surface area contributed by atoms with E-state index >= 15 is 0 Å². The average Bonchev–Trinajstić information content (AvgIpc) is 2.67. The third-order valence-corrected chi connectivity index (χ3v) is 3.04. The Hall–Kier alpha value is -0.860. The van der Waals surface area contributed by atoms with Crippen LogP contribution in [0, 0.1) is 6.92 Å². The van der Waals surface area contributed by atoms with Crippen molar-refractivity contribution in [1.29, 1.82) is 0 Å². The van der Waals surface area contributed by atoms with Crippen molar-refractivity contribution in [3.05, 3.63) is 35.4 Å². The molecule has 1 aliphatic rings. The fourth-order valence-corrected chi connectivity index (χ4v) is 2.03. The SMILES string of the molecule is Cc1cccc(C2(CO)CCOC2)c1. The van der Waals surface area contributed by atoms with E-state index in [1.165, 1.54) is 11.1 Å². The highest BCUT2D eigenvalue weighted by Gasteiger charge is 2.35. The van der Waals surface area contributed by atoms with Crippen LogP contribution in [0.25, 0.3) is 0 Å². The van der Waals surface area contributed by atoms with Crippen LogP contribution >= 0.6 is 0 Å². The van der Waals surface area contributed by atoms with Gasteiger partial charge in [-0.1, -0.05) is 29.8 Å². The minimum absolute atomic E-state index is 0.147. The smallest absolute Gasteiger partial charge is 0.0585 e. The Morgan fingerprint density at radius 3 is 2.93 bits per heavy atom. The molecule has 0 aromatic heterocycles. The van der Waals surface area contributed by atoms with Crippen LogP contribution in [-0.4, -0.2) is 24.9 Å². The number of aryl methyl sites for hydroxylation is 1. The molecule has 1 aromatic rings. The van der Waals surface area contributed by atoms with E-state index in [2.05, 4.69) is 25.1 Å². The van der Waals surface area contributed by atoms with E-state index in [4.69, 9.17) is 4.74 Å². The van der Waals surface area contributed by atoms with Gasteiger partial charge in [-0.2, -0.15) is 0 Å². The predicted molar refractivity (Wildman–Crippen MR) is 55.4 cm³/mol. The molecule has 0 radical (unpaired) electrons. The molecule has 0 aliphatic carbocycles. The molecule has 1 aliphatic heterocycles. The molecule has 1 unspecified atom stereocenters. The molecule has 1 aromatic carbocycles. The second-order valence-corrected chi connectivity index (χ2v) is 4.11. The zero-order chi connectivity index (χ0) is 10.0. The van der Waals surface area contributed by atoms with Gasteiger partial charge in [0.25, 0.3) is 0 Å². The maximum Gasteiger partial charge on any atom is 0.0585 e. The molecule has 1 N–H and O–H groups in total. The monoisotopic (exact) mass is 192 g/mol. The number of benzene rings is 1. The maximum atomic E-state index is 9.48. The van der Waals surface area contributed by atoms with Crippen LogP contribution in [0.2, 0.25) is 0 Å². The van der Waals surface area contributed by atoms with E-state index in [-0.39, 0.29) is 12.0 Å². The van der Waals surface area contributed by atoms with Crippen molar-refractivity contribution in [2.75, 3.05) is 19.8 Å². The van der Waals surface area contributed by atoms with E-state index in [1.807, 2.05) is 6.07 Å². The molecule has 1 atom stereocenters. The number of hydrogen-bond acceptors (Lipinski definition) is 2. The molecule has 76 valence electrons. The van der Waals surface area contributed by atoms with Crippen molar-refractivity contribution in [3.8, 4) is 0 Å². The van der Waals surface area contributed by atoms with Gasteiger partial charge in [-0.3, -0.25) is 0 Å². The first-order valence-corrected chi connectivity index (χ1v) is 5.03. The Morgan fingerprint density at radius 1 is 1.50 bits per heavy atom. The highest BCUT2D eigenvalue weighted by Crippen LogP contribution is 2.32. The number of aliphatic hydroxyl groups is 1. The lowest BCUT2D eigenvalue weighted by Crippen LogP contribution is -2.30. The third-order valence-electron chi connectivity index (χ3n) is 3.04. The highest BCUT2D eigenvalue weighted by molar-refractivity contribution is 5.30. The molecular formula is C12H16O2. The quantitative estimate of drug-likeness (QED) is 0.772. The average molecular weight is 192 g/mol. The van der Waals surface area contributed by atoms with Gasteiger partial charge >= 0.3 is 0 Å². The van der Waals surface area contributed by atoms with Crippen molar-refractivity contribution in [2.45, 2.75) is 18.8 Å². The maximum absolute atomic E-state index is 9.48. The summed E-state index contributed by atoms with van der Waals surface area (Å²) in [6.07, 6.45) is 0.924. The van der Waals surface area contributed by atoms with Crippen LogP contribution in [-0.2, 0) is 10.2 Å². The minimum Gasteiger partial charge on any atom is -0.395 e. The molecule has 0 bridgehead atoms. The summed E-state index contributed by atoms with van der Waals surface area (Å²) in [5, 5.41) is 9.48. The number of ether oxygens (including phenoxy) is 1. The van der Waals surface area contributed by atoms with Gasteiger partial charge in [0.05, 0.1) is 13.2 Å². The van der Waals surface area contributed by atoms with Crippen molar-refractivity contribution in [3.63, 3.8) is 0 Å². The van der Waals surface area contributed by atoms with Gasteiger partial charge < -0.3 is 9.84 Å². The van der Waals surface area contributed by atoms with Crippen molar-refractivity contribution >= 4 is 0 Å². The zero-order valence-corrected chi connectivity index (χ0v) is 8.49. The van der Waals surface area contributed by atoms with E-state index in [1.54, 1.807) is 0 Å².